The summed E-state index contributed by atoms with van der Waals surface area (Å²) in [6.07, 6.45) is 0.262. The highest BCUT2D eigenvalue weighted by atomic mass is 32.2. The Kier molecular flexibility index (Phi) is 6.62. The van der Waals surface area contributed by atoms with Crippen molar-refractivity contribution in [2.24, 2.45) is 0 Å². The molecule has 1 amide bonds. The molecule has 0 radical (unpaired) electrons. The average Bonchev–Trinajstić information content (AvgIpc) is 3.18. The third-order valence-electron chi connectivity index (χ3n) is 4.66. The number of nitriles is 1. The fourth-order valence-electron chi connectivity index (χ4n) is 2.93. The smallest absolute Gasteiger partial charge is 0.240 e. The Morgan fingerprint density at radius 2 is 1.97 bits per heavy atom. The topological polar surface area (TPSA) is 87.7 Å². The van der Waals surface area contributed by atoms with Gasteiger partial charge in [0, 0.05) is 12.2 Å². The number of tetrazole rings is 1. The molecule has 0 saturated carbocycles. The standard InChI is InChI=1S/C21H22N6OS/c1-15-9-7-12-19(16(15)2)27-21(23-24-25-27)29-17(3)20(28)26(14-8-13-22)18-10-5-4-6-11-18/h4-7,9-12,17H,8,14H2,1-3H3. The number of aryl methyl sites for hydroxylation is 1. The van der Waals surface area contributed by atoms with Crippen LogP contribution >= 0.6 is 11.8 Å². The SMILES string of the molecule is Cc1cccc(-n2nnnc2SC(C)C(=O)N(CCC#N)c2ccccc2)c1C. The first kappa shape index (κ1) is 20.6. The van der Waals surface area contributed by atoms with Crippen molar-refractivity contribution in [2.45, 2.75) is 37.6 Å². The molecule has 1 aromatic heterocycles. The minimum atomic E-state index is -0.427. The van der Waals surface area contributed by atoms with Crippen LogP contribution in [0.4, 0.5) is 5.69 Å². The Balaban J connectivity index is 1.84. The first-order valence-corrected chi connectivity index (χ1v) is 10.2. The molecule has 8 heteroatoms. The predicted molar refractivity (Wildman–Crippen MR) is 113 cm³/mol. The number of rotatable bonds is 7. The van der Waals surface area contributed by atoms with Gasteiger partial charge in [-0.3, -0.25) is 4.79 Å². The Bertz CT molecular complexity index is 1030. The molecule has 0 aliphatic rings. The van der Waals surface area contributed by atoms with Crippen LogP contribution in [0.3, 0.4) is 0 Å². The van der Waals surface area contributed by atoms with E-state index in [1.165, 1.54) is 11.8 Å². The summed E-state index contributed by atoms with van der Waals surface area (Å²) in [5.74, 6) is -0.0908. The normalized spacial score (nSPS) is 11.7. The highest BCUT2D eigenvalue weighted by Crippen LogP contribution is 2.27. The van der Waals surface area contributed by atoms with E-state index < -0.39 is 5.25 Å². The number of para-hydroxylation sites is 1. The minimum Gasteiger partial charge on any atom is -0.310 e. The first-order chi connectivity index (χ1) is 14.0. The maximum absolute atomic E-state index is 13.2. The highest BCUT2D eigenvalue weighted by Gasteiger charge is 2.25. The number of aromatic nitrogens is 4. The predicted octanol–water partition coefficient (Wildman–Crippen LogP) is 3.71. The van der Waals surface area contributed by atoms with Gasteiger partial charge < -0.3 is 4.90 Å². The first-order valence-electron chi connectivity index (χ1n) is 9.28. The number of amides is 1. The molecule has 0 N–H and O–H groups in total. The number of thioether (sulfide) groups is 1. The third-order valence-corrected chi connectivity index (χ3v) is 5.68. The van der Waals surface area contributed by atoms with Gasteiger partial charge >= 0.3 is 0 Å². The van der Waals surface area contributed by atoms with Crippen LogP contribution in [0.2, 0.25) is 0 Å². The van der Waals surface area contributed by atoms with Crippen molar-refractivity contribution in [3.8, 4) is 11.8 Å². The second kappa shape index (κ2) is 9.34. The maximum Gasteiger partial charge on any atom is 0.240 e. The molecule has 0 bridgehead atoms. The van der Waals surface area contributed by atoms with Crippen molar-refractivity contribution in [3.63, 3.8) is 0 Å². The van der Waals surface area contributed by atoms with E-state index in [1.807, 2.05) is 69.3 Å². The summed E-state index contributed by atoms with van der Waals surface area (Å²) in [6, 6.07) is 17.4. The van der Waals surface area contributed by atoms with Crippen molar-refractivity contribution in [1.82, 2.24) is 20.2 Å². The molecule has 2 aromatic carbocycles. The van der Waals surface area contributed by atoms with Gasteiger partial charge in [-0.25, -0.2) is 0 Å². The summed E-state index contributed by atoms with van der Waals surface area (Å²) in [7, 11) is 0. The summed E-state index contributed by atoms with van der Waals surface area (Å²) in [6.45, 7) is 6.23. The molecule has 0 spiro atoms. The van der Waals surface area contributed by atoms with E-state index in [0.717, 1.165) is 22.5 Å². The van der Waals surface area contributed by atoms with E-state index in [-0.39, 0.29) is 12.3 Å². The van der Waals surface area contributed by atoms with Crippen molar-refractivity contribution in [2.75, 3.05) is 11.4 Å². The van der Waals surface area contributed by atoms with E-state index in [4.69, 9.17) is 5.26 Å². The maximum atomic E-state index is 13.2. The molecule has 1 atom stereocenters. The van der Waals surface area contributed by atoms with Crippen molar-refractivity contribution < 1.29 is 4.79 Å². The average molecular weight is 407 g/mol. The number of anilines is 1. The van der Waals surface area contributed by atoms with Crippen molar-refractivity contribution >= 4 is 23.4 Å². The molecule has 0 aliphatic carbocycles. The van der Waals surface area contributed by atoms with Gasteiger partial charge in [-0.2, -0.15) is 9.94 Å². The molecule has 1 unspecified atom stereocenters. The number of carbonyl (C=O) groups excluding carboxylic acids is 1. The van der Waals surface area contributed by atoms with Gasteiger partial charge in [0.25, 0.3) is 0 Å². The van der Waals surface area contributed by atoms with Crippen LogP contribution in [-0.4, -0.2) is 37.9 Å². The van der Waals surface area contributed by atoms with Gasteiger partial charge in [-0.15, -0.1) is 5.10 Å². The largest absolute Gasteiger partial charge is 0.310 e. The van der Waals surface area contributed by atoms with E-state index in [9.17, 15) is 4.79 Å². The lowest BCUT2D eigenvalue weighted by atomic mass is 10.1. The van der Waals surface area contributed by atoms with Crippen LogP contribution in [0.15, 0.2) is 53.7 Å². The van der Waals surface area contributed by atoms with E-state index in [2.05, 4.69) is 21.6 Å². The van der Waals surface area contributed by atoms with Crippen LogP contribution in [0.5, 0.6) is 0 Å². The Hall–Kier alpha value is -3.18. The molecular weight excluding hydrogens is 384 g/mol. The monoisotopic (exact) mass is 406 g/mol. The van der Waals surface area contributed by atoms with Crippen LogP contribution in [0.1, 0.15) is 24.5 Å². The zero-order chi connectivity index (χ0) is 20.8. The van der Waals surface area contributed by atoms with E-state index in [1.54, 1.807) is 9.58 Å². The number of hydrogen-bond acceptors (Lipinski definition) is 6. The molecule has 1 heterocycles. The van der Waals surface area contributed by atoms with Crippen LogP contribution in [0, 0.1) is 25.2 Å². The number of hydrogen-bond donors (Lipinski definition) is 0. The summed E-state index contributed by atoms with van der Waals surface area (Å²) in [5.41, 5.74) is 3.89. The molecule has 0 saturated heterocycles. The Morgan fingerprint density at radius 3 is 2.69 bits per heavy atom. The van der Waals surface area contributed by atoms with Crippen LogP contribution in [-0.2, 0) is 4.79 Å². The Labute approximate surface area is 174 Å². The second-order valence-electron chi connectivity index (χ2n) is 6.59. The summed E-state index contributed by atoms with van der Waals surface area (Å²) in [5, 5.41) is 21.1. The lowest BCUT2D eigenvalue weighted by Gasteiger charge is -2.24. The molecule has 148 valence electrons. The van der Waals surface area contributed by atoms with E-state index >= 15 is 0 Å². The molecule has 0 aliphatic heterocycles. The summed E-state index contributed by atoms with van der Waals surface area (Å²) < 4.78 is 1.67. The minimum absolute atomic E-state index is 0.0908. The quantitative estimate of drug-likeness (QED) is 0.556. The Morgan fingerprint density at radius 1 is 1.21 bits per heavy atom. The van der Waals surface area contributed by atoms with Crippen molar-refractivity contribution in [3.05, 3.63) is 59.7 Å². The molecule has 7 nitrogen and oxygen atoms in total. The van der Waals surface area contributed by atoms with Crippen molar-refractivity contribution in [1.29, 1.82) is 5.26 Å². The number of nitrogens with zero attached hydrogens (tertiary/aromatic N) is 6. The lowest BCUT2D eigenvalue weighted by molar-refractivity contribution is -0.117. The zero-order valence-corrected chi connectivity index (χ0v) is 17.4. The highest BCUT2D eigenvalue weighted by molar-refractivity contribution is 8.00. The number of benzene rings is 2. The molecular formula is C21H22N6OS. The summed E-state index contributed by atoms with van der Waals surface area (Å²) >= 11 is 1.30. The molecule has 3 aromatic rings. The van der Waals surface area contributed by atoms with E-state index in [0.29, 0.717) is 11.7 Å². The van der Waals surface area contributed by atoms with Gasteiger partial charge in [-0.05, 0) is 60.5 Å². The van der Waals surface area contributed by atoms with Gasteiger partial charge in [0.05, 0.1) is 23.4 Å². The van der Waals surface area contributed by atoms with Gasteiger partial charge in [0.1, 0.15) is 0 Å². The zero-order valence-electron chi connectivity index (χ0n) is 16.6. The van der Waals surface area contributed by atoms with Gasteiger partial charge in [0.2, 0.25) is 11.1 Å². The van der Waals surface area contributed by atoms with Crippen LogP contribution in [0.25, 0.3) is 5.69 Å². The van der Waals surface area contributed by atoms with Gasteiger partial charge in [-0.1, -0.05) is 42.1 Å². The molecule has 0 fully saturated rings. The third kappa shape index (κ3) is 4.63. The molecule has 3 rings (SSSR count). The van der Waals surface area contributed by atoms with Gasteiger partial charge in [0.15, 0.2) is 0 Å². The second-order valence-corrected chi connectivity index (χ2v) is 7.89. The fourth-order valence-corrected chi connectivity index (χ4v) is 3.80. The fraction of sp³-hybridized carbons (Fsp3) is 0.286. The van der Waals surface area contributed by atoms with Crippen LogP contribution < -0.4 is 4.90 Å². The number of carbonyl (C=O) groups is 1. The lowest BCUT2D eigenvalue weighted by Crippen LogP contribution is -2.37. The summed E-state index contributed by atoms with van der Waals surface area (Å²) in [4.78, 5) is 14.8. The molecule has 29 heavy (non-hydrogen) atoms.